The summed E-state index contributed by atoms with van der Waals surface area (Å²) in [5.41, 5.74) is 0. The molecule has 0 heterocycles. The first kappa shape index (κ1) is 14.9. The van der Waals surface area contributed by atoms with Gasteiger partial charge in [0.15, 0.2) is 17.6 Å². The fourth-order valence-corrected chi connectivity index (χ4v) is 1.32. The van der Waals surface area contributed by atoms with E-state index >= 15 is 0 Å². The van der Waals surface area contributed by atoms with E-state index < -0.39 is 29.6 Å². The lowest BCUT2D eigenvalue weighted by atomic mass is 10.3. The van der Waals surface area contributed by atoms with Crippen molar-refractivity contribution >= 4 is 11.9 Å². The van der Waals surface area contributed by atoms with Crippen LogP contribution < -0.4 is 10.1 Å². The van der Waals surface area contributed by atoms with Crippen LogP contribution in [0.3, 0.4) is 0 Å². The summed E-state index contributed by atoms with van der Waals surface area (Å²) in [7, 11) is 1.15. The zero-order chi connectivity index (χ0) is 14.4. The molecular formula is C12H13F2NO4. The minimum atomic E-state index is -1.06. The number of carbonyl (C=O) groups excluding carboxylic acids is 2. The van der Waals surface area contributed by atoms with E-state index in [-0.39, 0.29) is 12.4 Å². The number of hydrogen-bond acceptors (Lipinski definition) is 4. The number of rotatable bonds is 5. The number of hydrogen-bond donors (Lipinski definition) is 1. The van der Waals surface area contributed by atoms with Crippen LogP contribution in [0.15, 0.2) is 18.2 Å². The van der Waals surface area contributed by atoms with Gasteiger partial charge in [-0.15, -0.1) is 0 Å². The molecule has 0 spiro atoms. The lowest BCUT2D eigenvalue weighted by molar-refractivity contribution is -0.145. The van der Waals surface area contributed by atoms with E-state index in [1.807, 2.05) is 0 Å². The van der Waals surface area contributed by atoms with E-state index in [4.69, 9.17) is 4.74 Å². The van der Waals surface area contributed by atoms with Crippen molar-refractivity contribution in [1.29, 1.82) is 0 Å². The third kappa shape index (κ3) is 4.53. The summed E-state index contributed by atoms with van der Waals surface area (Å²) in [6.07, 6.45) is 0. The van der Waals surface area contributed by atoms with E-state index in [9.17, 15) is 18.4 Å². The van der Waals surface area contributed by atoms with E-state index in [2.05, 4.69) is 10.1 Å². The van der Waals surface area contributed by atoms with Crippen molar-refractivity contribution < 1.29 is 27.8 Å². The van der Waals surface area contributed by atoms with Crippen molar-refractivity contribution in [2.45, 2.75) is 13.0 Å². The standard InChI is InChI=1S/C12H13F2NO4/c1-7(16)15-10(12(17)18-2)6-19-11-4-3-8(13)5-9(11)14/h3-5,10H,6H2,1-2H3,(H,15,16). The van der Waals surface area contributed by atoms with Gasteiger partial charge in [0, 0.05) is 13.0 Å². The fraction of sp³-hybridized carbons (Fsp3) is 0.333. The van der Waals surface area contributed by atoms with Gasteiger partial charge in [-0.2, -0.15) is 0 Å². The summed E-state index contributed by atoms with van der Waals surface area (Å²) >= 11 is 0. The van der Waals surface area contributed by atoms with Crippen LogP contribution in [0.25, 0.3) is 0 Å². The SMILES string of the molecule is COC(=O)C(COc1ccc(F)cc1F)NC(C)=O. The molecule has 0 aromatic heterocycles. The van der Waals surface area contributed by atoms with Crippen molar-refractivity contribution in [2.24, 2.45) is 0 Å². The van der Waals surface area contributed by atoms with Crippen LogP contribution in [0.2, 0.25) is 0 Å². The molecular weight excluding hydrogens is 260 g/mol. The molecule has 1 aromatic rings. The van der Waals surface area contributed by atoms with Gasteiger partial charge < -0.3 is 14.8 Å². The Labute approximate surface area is 108 Å². The van der Waals surface area contributed by atoms with Gasteiger partial charge in [0.1, 0.15) is 12.4 Å². The Morgan fingerprint density at radius 1 is 1.37 bits per heavy atom. The summed E-state index contributed by atoms with van der Waals surface area (Å²) in [6.45, 7) is 0.892. The maximum absolute atomic E-state index is 13.3. The Bertz CT molecular complexity index is 479. The third-order valence-electron chi connectivity index (χ3n) is 2.16. The molecule has 0 fully saturated rings. The number of methoxy groups -OCH3 is 1. The van der Waals surface area contributed by atoms with Gasteiger partial charge in [0.25, 0.3) is 0 Å². The second kappa shape index (κ2) is 6.67. The molecule has 1 aromatic carbocycles. The van der Waals surface area contributed by atoms with Crippen LogP contribution in [0.5, 0.6) is 5.75 Å². The number of benzene rings is 1. The van der Waals surface area contributed by atoms with Crippen LogP contribution >= 0.6 is 0 Å². The summed E-state index contributed by atoms with van der Waals surface area (Å²) in [6, 6.07) is 1.70. The van der Waals surface area contributed by atoms with Crippen molar-refractivity contribution in [3.63, 3.8) is 0 Å². The third-order valence-corrected chi connectivity index (χ3v) is 2.16. The van der Waals surface area contributed by atoms with Crippen LogP contribution in [0, 0.1) is 11.6 Å². The molecule has 0 saturated carbocycles. The molecule has 0 saturated heterocycles. The molecule has 1 atom stereocenters. The highest BCUT2D eigenvalue weighted by Gasteiger charge is 2.21. The second-order valence-electron chi connectivity index (χ2n) is 3.66. The molecule has 0 aliphatic heterocycles. The Morgan fingerprint density at radius 2 is 2.05 bits per heavy atom. The Hall–Kier alpha value is -2.18. The maximum atomic E-state index is 13.3. The molecule has 1 N–H and O–H groups in total. The van der Waals surface area contributed by atoms with E-state index in [0.717, 1.165) is 19.2 Å². The largest absolute Gasteiger partial charge is 0.488 e. The molecule has 19 heavy (non-hydrogen) atoms. The van der Waals surface area contributed by atoms with E-state index in [1.54, 1.807) is 0 Å². The second-order valence-corrected chi connectivity index (χ2v) is 3.66. The molecule has 0 aliphatic carbocycles. The quantitative estimate of drug-likeness (QED) is 0.814. The van der Waals surface area contributed by atoms with Gasteiger partial charge in [-0.1, -0.05) is 0 Å². The smallest absolute Gasteiger partial charge is 0.331 e. The molecule has 0 bridgehead atoms. The lowest BCUT2D eigenvalue weighted by Gasteiger charge is -2.16. The predicted octanol–water partition coefficient (Wildman–Crippen LogP) is 1.02. The summed E-state index contributed by atoms with van der Waals surface area (Å²) in [5, 5.41) is 2.30. The monoisotopic (exact) mass is 273 g/mol. The number of ether oxygens (including phenoxy) is 2. The van der Waals surface area contributed by atoms with Gasteiger partial charge in [-0.25, -0.2) is 13.6 Å². The van der Waals surface area contributed by atoms with Gasteiger partial charge in [0.05, 0.1) is 7.11 Å². The minimum Gasteiger partial charge on any atom is -0.488 e. The highest BCUT2D eigenvalue weighted by Crippen LogP contribution is 2.17. The molecule has 5 nitrogen and oxygen atoms in total. The topological polar surface area (TPSA) is 64.6 Å². The highest BCUT2D eigenvalue weighted by molar-refractivity contribution is 5.83. The highest BCUT2D eigenvalue weighted by atomic mass is 19.1. The predicted molar refractivity (Wildman–Crippen MR) is 61.5 cm³/mol. The maximum Gasteiger partial charge on any atom is 0.331 e. The molecule has 7 heteroatoms. The van der Waals surface area contributed by atoms with Crippen LogP contribution in [-0.4, -0.2) is 31.6 Å². The summed E-state index contributed by atoms with van der Waals surface area (Å²) in [4.78, 5) is 22.2. The average molecular weight is 273 g/mol. The van der Waals surface area contributed by atoms with Crippen LogP contribution in [-0.2, 0) is 14.3 Å². The Morgan fingerprint density at radius 3 is 2.58 bits per heavy atom. The molecule has 1 rings (SSSR count). The first-order valence-electron chi connectivity index (χ1n) is 5.37. The average Bonchev–Trinajstić information content (AvgIpc) is 2.34. The van der Waals surface area contributed by atoms with Gasteiger partial charge in [0.2, 0.25) is 5.91 Å². The molecule has 1 amide bonds. The van der Waals surface area contributed by atoms with Crippen molar-refractivity contribution in [2.75, 3.05) is 13.7 Å². The molecule has 1 unspecified atom stereocenters. The Kier molecular flexibility index (Phi) is 5.23. The zero-order valence-corrected chi connectivity index (χ0v) is 10.4. The number of amides is 1. The molecule has 0 radical (unpaired) electrons. The molecule has 104 valence electrons. The number of halogens is 2. The molecule has 0 aliphatic rings. The van der Waals surface area contributed by atoms with Crippen molar-refractivity contribution in [1.82, 2.24) is 5.32 Å². The van der Waals surface area contributed by atoms with Gasteiger partial charge in [-0.3, -0.25) is 4.79 Å². The van der Waals surface area contributed by atoms with Gasteiger partial charge in [-0.05, 0) is 12.1 Å². The number of nitrogens with one attached hydrogen (secondary N) is 1. The van der Waals surface area contributed by atoms with E-state index in [0.29, 0.717) is 6.07 Å². The first-order chi connectivity index (χ1) is 8.93. The number of carbonyl (C=O) groups is 2. The van der Waals surface area contributed by atoms with Gasteiger partial charge >= 0.3 is 5.97 Å². The lowest BCUT2D eigenvalue weighted by Crippen LogP contribution is -2.44. The summed E-state index contributed by atoms with van der Waals surface area (Å²) < 4.78 is 35.4. The normalized spacial score (nSPS) is 11.6. The fourth-order valence-electron chi connectivity index (χ4n) is 1.32. The minimum absolute atomic E-state index is 0.222. The van der Waals surface area contributed by atoms with Crippen LogP contribution in [0.1, 0.15) is 6.92 Å². The Balaban J connectivity index is 2.70. The zero-order valence-electron chi connectivity index (χ0n) is 10.4. The summed E-state index contributed by atoms with van der Waals surface area (Å²) in [5.74, 6) is -3.04. The van der Waals surface area contributed by atoms with Crippen LogP contribution in [0.4, 0.5) is 8.78 Å². The van der Waals surface area contributed by atoms with Crippen molar-refractivity contribution in [3.8, 4) is 5.75 Å². The number of esters is 1. The van der Waals surface area contributed by atoms with E-state index in [1.165, 1.54) is 6.92 Å². The van der Waals surface area contributed by atoms with Crippen molar-refractivity contribution in [3.05, 3.63) is 29.8 Å². The first-order valence-corrected chi connectivity index (χ1v) is 5.37.